The average Bonchev–Trinajstić information content (AvgIpc) is 2.48. The van der Waals surface area contributed by atoms with E-state index in [2.05, 4.69) is 20.7 Å². The zero-order valence-electron chi connectivity index (χ0n) is 11.9. The number of rotatable bonds is 5. The van der Waals surface area contributed by atoms with E-state index in [-0.39, 0.29) is 0 Å². The minimum absolute atomic E-state index is 0.588. The summed E-state index contributed by atoms with van der Waals surface area (Å²) in [6.45, 7) is 4.01. The Kier molecular flexibility index (Phi) is 4.37. The fourth-order valence-electron chi connectivity index (χ4n) is 1.83. The van der Waals surface area contributed by atoms with Gasteiger partial charge in [-0.3, -0.25) is 0 Å². The van der Waals surface area contributed by atoms with E-state index in [9.17, 15) is 0 Å². The number of methoxy groups -OCH3 is 1. The zero-order valence-corrected chi connectivity index (χ0v) is 11.9. The van der Waals surface area contributed by atoms with Gasteiger partial charge in [0, 0.05) is 18.2 Å². The molecule has 2 rings (SSSR count). The summed E-state index contributed by atoms with van der Waals surface area (Å²) in [5.41, 5.74) is 4.59. The molecule has 0 aliphatic carbocycles. The summed E-state index contributed by atoms with van der Waals surface area (Å²) in [6, 6.07) is 7.59. The lowest BCUT2D eigenvalue weighted by Crippen LogP contribution is -2.11. The van der Waals surface area contributed by atoms with Gasteiger partial charge in [-0.2, -0.15) is 0 Å². The summed E-state index contributed by atoms with van der Waals surface area (Å²) < 4.78 is 5.19. The van der Waals surface area contributed by atoms with Crippen molar-refractivity contribution >= 4 is 17.3 Å². The van der Waals surface area contributed by atoms with Crippen LogP contribution in [0.4, 0.5) is 17.3 Å². The number of anilines is 3. The van der Waals surface area contributed by atoms with Gasteiger partial charge in [0.05, 0.1) is 7.11 Å². The second-order valence-electron chi connectivity index (χ2n) is 4.36. The number of hydrogen-bond acceptors (Lipinski definition) is 6. The van der Waals surface area contributed by atoms with Gasteiger partial charge >= 0.3 is 0 Å². The molecule has 0 amide bonds. The first-order valence-electron chi connectivity index (χ1n) is 6.42. The highest BCUT2D eigenvalue weighted by Gasteiger charge is 2.05. The van der Waals surface area contributed by atoms with Crippen LogP contribution in [0.2, 0.25) is 0 Å². The third kappa shape index (κ3) is 3.16. The first-order valence-corrected chi connectivity index (χ1v) is 6.42. The van der Waals surface area contributed by atoms with E-state index in [1.807, 2.05) is 32.0 Å². The molecule has 0 aliphatic heterocycles. The van der Waals surface area contributed by atoms with Gasteiger partial charge in [0.25, 0.3) is 0 Å². The Balaban J connectivity index is 2.29. The fraction of sp³-hybridized carbons (Fsp3) is 0.286. The van der Waals surface area contributed by atoms with Crippen LogP contribution in [0.25, 0.3) is 0 Å². The van der Waals surface area contributed by atoms with Crippen LogP contribution in [0, 0.1) is 6.92 Å². The molecule has 1 heterocycles. The molecule has 0 spiro atoms. The summed E-state index contributed by atoms with van der Waals surface area (Å²) in [7, 11) is 1.65. The van der Waals surface area contributed by atoms with Crippen molar-refractivity contribution in [2.75, 3.05) is 17.9 Å². The van der Waals surface area contributed by atoms with Gasteiger partial charge in [0.1, 0.15) is 23.2 Å². The minimum Gasteiger partial charge on any atom is -0.497 e. The molecule has 0 bridgehead atoms. The molecule has 0 aliphatic rings. The van der Waals surface area contributed by atoms with Crippen molar-refractivity contribution < 1.29 is 4.74 Å². The van der Waals surface area contributed by atoms with Crippen molar-refractivity contribution in [3.05, 3.63) is 35.7 Å². The van der Waals surface area contributed by atoms with E-state index in [1.54, 1.807) is 13.2 Å². The first-order chi connectivity index (χ1) is 9.66. The van der Waals surface area contributed by atoms with Gasteiger partial charge in [-0.05, 0) is 30.7 Å². The molecule has 1 aromatic heterocycles. The number of benzene rings is 1. The number of nitrogens with one attached hydrogen (secondary N) is 2. The summed E-state index contributed by atoms with van der Waals surface area (Å²) >= 11 is 0. The van der Waals surface area contributed by atoms with Gasteiger partial charge < -0.3 is 15.5 Å². The van der Waals surface area contributed by atoms with Gasteiger partial charge in [-0.15, -0.1) is 0 Å². The highest BCUT2D eigenvalue weighted by atomic mass is 16.5. The van der Waals surface area contributed by atoms with E-state index in [4.69, 9.17) is 10.6 Å². The zero-order chi connectivity index (χ0) is 14.5. The minimum atomic E-state index is 0.588. The number of ether oxygens (including phenoxy) is 1. The molecule has 0 saturated heterocycles. The van der Waals surface area contributed by atoms with Crippen LogP contribution in [0.1, 0.15) is 18.3 Å². The van der Waals surface area contributed by atoms with Gasteiger partial charge in [-0.25, -0.2) is 15.8 Å². The molecule has 20 heavy (non-hydrogen) atoms. The van der Waals surface area contributed by atoms with E-state index in [0.29, 0.717) is 11.6 Å². The molecular formula is C14H19N5O. The number of nitrogens with zero attached hydrogens (tertiary/aromatic N) is 2. The maximum absolute atomic E-state index is 5.42. The quantitative estimate of drug-likeness (QED) is 0.573. The molecule has 0 saturated carbocycles. The summed E-state index contributed by atoms with van der Waals surface area (Å²) in [6.07, 6.45) is 0.742. The lowest BCUT2D eigenvalue weighted by Gasteiger charge is -2.12. The lowest BCUT2D eigenvalue weighted by atomic mass is 10.2. The van der Waals surface area contributed by atoms with Crippen LogP contribution in [0.5, 0.6) is 5.75 Å². The third-order valence-electron chi connectivity index (χ3n) is 2.93. The Labute approximate surface area is 118 Å². The number of aromatic nitrogens is 2. The lowest BCUT2D eigenvalue weighted by molar-refractivity contribution is 0.414. The molecule has 4 N–H and O–H groups in total. The van der Waals surface area contributed by atoms with E-state index < -0.39 is 0 Å². The Morgan fingerprint density at radius 2 is 1.95 bits per heavy atom. The Bertz CT molecular complexity index is 578. The molecule has 6 nitrogen and oxygen atoms in total. The average molecular weight is 273 g/mol. The molecule has 106 valence electrons. The molecule has 2 aromatic rings. The smallest absolute Gasteiger partial charge is 0.145 e. The fourth-order valence-corrected chi connectivity index (χ4v) is 1.83. The monoisotopic (exact) mass is 273 g/mol. The first kappa shape index (κ1) is 14.1. The van der Waals surface area contributed by atoms with Gasteiger partial charge in [0.2, 0.25) is 0 Å². The van der Waals surface area contributed by atoms with Crippen molar-refractivity contribution in [2.45, 2.75) is 20.3 Å². The number of hydrogen-bond donors (Lipinski definition) is 3. The number of nitrogen functional groups attached to an aromatic ring is 1. The molecule has 0 unspecified atom stereocenters. The topological polar surface area (TPSA) is 85.1 Å². The van der Waals surface area contributed by atoms with E-state index in [0.717, 1.165) is 29.2 Å². The SMILES string of the molecule is CCc1nc(NN)cc(Nc2ccc(OC)cc2C)n1. The summed E-state index contributed by atoms with van der Waals surface area (Å²) in [4.78, 5) is 8.68. The summed E-state index contributed by atoms with van der Waals surface area (Å²) in [5.74, 6) is 8.27. The second kappa shape index (κ2) is 6.21. The Morgan fingerprint density at radius 1 is 1.20 bits per heavy atom. The van der Waals surface area contributed by atoms with Crippen molar-refractivity contribution in [1.29, 1.82) is 0 Å². The van der Waals surface area contributed by atoms with E-state index >= 15 is 0 Å². The van der Waals surface area contributed by atoms with Crippen molar-refractivity contribution in [3.8, 4) is 5.75 Å². The van der Waals surface area contributed by atoms with E-state index in [1.165, 1.54) is 0 Å². The largest absolute Gasteiger partial charge is 0.497 e. The maximum atomic E-state index is 5.42. The predicted octanol–water partition coefficient (Wildman–Crippen LogP) is 2.39. The highest BCUT2D eigenvalue weighted by molar-refractivity contribution is 5.63. The van der Waals surface area contributed by atoms with Crippen LogP contribution in [-0.2, 0) is 6.42 Å². The normalized spacial score (nSPS) is 10.2. The van der Waals surface area contributed by atoms with Crippen molar-refractivity contribution in [1.82, 2.24) is 9.97 Å². The molecule has 0 fully saturated rings. The van der Waals surface area contributed by atoms with Crippen LogP contribution >= 0.6 is 0 Å². The number of nitrogens with two attached hydrogens (primary N) is 1. The van der Waals surface area contributed by atoms with Crippen LogP contribution in [-0.4, -0.2) is 17.1 Å². The number of hydrazine groups is 1. The van der Waals surface area contributed by atoms with Gasteiger partial charge in [-0.1, -0.05) is 6.92 Å². The molecule has 0 atom stereocenters. The highest BCUT2D eigenvalue weighted by Crippen LogP contribution is 2.24. The standard InChI is InChI=1S/C14H19N5O/c1-4-12-17-13(8-14(18-12)19-15)16-11-6-5-10(20-3)7-9(11)2/h5-8H,4,15H2,1-3H3,(H2,16,17,18,19). The van der Waals surface area contributed by atoms with Gasteiger partial charge in [0.15, 0.2) is 0 Å². The van der Waals surface area contributed by atoms with Crippen molar-refractivity contribution in [2.24, 2.45) is 5.84 Å². The van der Waals surface area contributed by atoms with Crippen LogP contribution < -0.4 is 21.3 Å². The van der Waals surface area contributed by atoms with Crippen molar-refractivity contribution in [3.63, 3.8) is 0 Å². The van der Waals surface area contributed by atoms with Crippen LogP contribution in [0.3, 0.4) is 0 Å². The Hall–Kier alpha value is -2.34. The maximum Gasteiger partial charge on any atom is 0.145 e. The summed E-state index contributed by atoms with van der Waals surface area (Å²) in [5, 5.41) is 3.27. The van der Waals surface area contributed by atoms with Crippen LogP contribution in [0.15, 0.2) is 24.3 Å². The third-order valence-corrected chi connectivity index (χ3v) is 2.93. The number of aryl methyl sites for hydroxylation is 2. The molecule has 6 heteroatoms. The predicted molar refractivity (Wildman–Crippen MR) is 80.2 cm³/mol. The molecular weight excluding hydrogens is 254 g/mol. The molecule has 0 radical (unpaired) electrons. The second-order valence-corrected chi connectivity index (χ2v) is 4.36. The molecule has 1 aromatic carbocycles. The Morgan fingerprint density at radius 3 is 2.55 bits per heavy atom.